The van der Waals surface area contributed by atoms with E-state index in [1.54, 1.807) is 13.3 Å². The minimum absolute atomic E-state index is 0.0730. The highest BCUT2D eigenvalue weighted by atomic mass is 16.7. The fourth-order valence-corrected chi connectivity index (χ4v) is 3.08. The molecule has 1 aromatic heterocycles. The second-order valence-electron chi connectivity index (χ2n) is 6.65. The van der Waals surface area contributed by atoms with Gasteiger partial charge in [0.05, 0.1) is 26.5 Å². The van der Waals surface area contributed by atoms with Crippen LogP contribution in [0.1, 0.15) is 30.5 Å². The van der Waals surface area contributed by atoms with Gasteiger partial charge in [0.2, 0.25) is 5.43 Å². The Morgan fingerprint density at radius 1 is 1.25 bits per heavy atom. The largest absolute Gasteiger partial charge is 0.497 e. The standard InChI is InChI=1S/C21H27NO6/c1-25-18-7-5-16(6-8-18)13-22-14-20(26-11-9-23)19(24)12-17(22)15-28-21-4-2-3-10-27-21/h5-8,12,14,21,23H,2-4,9-11,13,15H2,1H3. The van der Waals surface area contributed by atoms with E-state index in [-0.39, 0.29) is 37.3 Å². The van der Waals surface area contributed by atoms with Crippen molar-refractivity contribution in [2.45, 2.75) is 38.7 Å². The van der Waals surface area contributed by atoms with Crippen molar-refractivity contribution in [3.05, 3.63) is 58.0 Å². The number of aliphatic hydroxyl groups excluding tert-OH is 1. The third-order valence-electron chi connectivity index (χ3n) is 4.60. The van der Waals surface area contributed by atoms with Gasteiger partial charge in [0.15, 0.2) is 12.0 Å². The molecule has 1 fully saturated rings. The third kappa shape index (κ3) is 5.58. The summed E-state index contributed by atoms with van der Waals surface area (Å²) in [6.45, 7) is 1.45. The molecular weight excluding hydrogens is 362 g/mol. The molecular formula is C21H27NO6. The minimum Gasteiger partial charge on any atom is -0.497 e. The van der Waals surface area contributed by atoms with Gasteiger partial charge in [0, 0.05) is 24.9 Å². The molecule has 1 atom stereocenters. The van der Waals surface area contributed by atoms with Crippen molar-refractivity contribution in [1.29, 1.82) is 0 Å². The molecule has 0 amide bonds. The maximum absolute atomic E-state index is 12.4. The normalized spacial score (nSPS) is 16.7. The Kier molecular flexibility index (Phi) is 7.47. The molecule has 0 bridgehead atoms. The SMILES string of the molecule is COc1ccc(Cn2cc(OCCO)c(=O)cc2COC2CCCCO2)cc1. The van der Waals surface area contributed by atoms with Crippen molar-refractivity contribution in [2.75, 3.05) is 26.9 Å². The van der Waals surface area contributed by atoms with E-state index in [1.807, 2.05) is 28.8 Å². The Morgan fingerprint density at radius 2 is 2.07 bits per heavy atom. The molecule has 1 unspecified atom stereocenters. The van der Waals surface area contributed by atoms with Crippen LogP contribution in [0.3, 0.4) is 0 Å². The zero-order valence-electron chi connectivity index (χ0n) is 16.1. The van der Waals surface area contributed by atoms with Crippen LogP contribution in [-0.4, -0.2) is 42.9 Å². The second kappa shape index (κ2) is 10.3. The topological polar surface area (TPSA) is 79.2 Å². The lowest BCUT2D eigenvalue weighted by Crippen LogP contribution is -2.24. The van der Waals surface area contributed by atoms with E-state index >= 15 is 0 Å². The van der Waals surface area contributed by atoms with Gasteiger partial charge in [-0.1, -0.05) is 12.1 Å². The molecule has 0 saturated carbocycles. The summed E-state index contributed by atoms with van der Waals surface area (Å²) in [5.74, 6) is 0.994. The summed E-state index contributed by atoms with van der Waals surface area (Å²) in [6.07, 6.45) is 4.43. The highest BCUT2D eigenvalue weighted by Gasteiger charge is 2.16. The summed E-state index contributed by atoms with van der Waals surface area (Å²) in [5.41, 5.74) is 1.56. The first-order chi connectivity index (χ1) is 13.7. The van der Waals surface area contributed by atoms with Gasteiger partial charge in [-0.2, -0.15) is 0 Å². The summed E-state index contributed by atoms with van der Waals surface area (Å²) in [6, 6.07) is 9.26. The molecule has 152 valence electrons. The van der Waals surface area contributed by atoms with E-state index in [4.69, 9.17) is 24.1 Å². The molecule has 1 aliphatic heterocycles. The average Bonchev–Trinajstić information content (AvgIpc) is 2.74. The van der Waals surface area contributed by atoms with Crippen molar-refractivity contribution in [3.8, 4) is 11.5 Å². The molecule has 3 rings (SSSR count). The number of nitrogens with zero attached hydrogens (tertiary/aromatic N) is 1. The van der Waals surface area contributed by atoms with Gasteiger partial charge in [-0.05, 0) is 37.0 Å². The predicted octanol–water partition coefficient (Wildman–Crippen LogP) is 2.32. The van der Waals surface area contributed by atoms with Gasteiger partial charge in [-0.25, -0.2) is 0 Å². The zero-order chi connectivity index (χ0) is 19.8. The summed E-state index contributed by atoms with van der Waals surface area (Å²) in [4.78, 5) is 12.4. The number of hydrogen-bond donors (Lipinski definition) is 1. The molecule has 0 spiro atoms. The van der Waals surface area contributed by atoms with Crippen LogP contribution in [-0.2, 0) is 22.6 Å². The molecule has 1 aliphatic rings. The van der Waals surface area contributed by atoms with Crippen molar-refractivity contribution in [3.63, 3.8) is 0 Å². The molecule has 1 aromatic carbocycles. The van der Waals surface area contributed by atoms with Crippen LogP contribution in [0.2, 0.25) is 0 Å². The first-order valence-electron chi connectivity index (χ1n) is 9.53. The van der Waals surface area contributed by atoms with Crippen molar-refractivity contribution < 1.29 is 24.1 Å². The molecule has 7 nitrogen and oxygen atoms in total. The Bertz CT molecular complexity index is 796. The van der Waals surface area contributed by atoms with Gasteiger partial charge in [0.1, 0.15) is 12.4 Å². The van der Waals surface area contributed by atoms with Gasteiger partial charge in [-0.3, -0.25) is 4.79 Å². The van der Waals surface area contributed by atoms with Gasteiger partial charge in [0.25, 0.3) is 0 Å². The lowest BCUT2D eigenvalue weighted by Gasteiger charge is -2.24. The van der Waals surface area contributed by atoms with E-state index in [2.05, 4.69) is 0 Å². The van der Waals surface area contributed by atoms with Crippen molar-refractivity contribution >= 4 is 0 Å². The summed E-state index contributed by atoms with van der Waals surface area (Å²) in [7, 11) is 1.63. The molecule has 2 aromatic rings. The van der Waals surface area contributed by atoms with Crippen molar-refractivity contribution in [1.82, 2.24) is 4.57 Å². The monoisotopic (exact) mass is 389 g/mol. The van der Waals surface area contributed by atoms with Crippen LogP contribution in [0.25, 0.3) is 0 Å². The summed E-state index contributed by atoms with van der Waals surface area (Å²) in [5, 5.41) is 8.98. The maximum Gasteiger partial charge on any atom is 0.223 e. The van der Waals surface area contributed by atoms with E-state index < -0.39 is 0 Å². The van der Waals surface area contributed by atoms with Gasteiger partial charge < -0.3 is 28.6 Å². The Labute approximate surface area is 164 Å². The quantitative estimate of drug-likeness (QED) is 0.709. The molecule has 0 aliphatic carbocycles. The Balaban J connectivity index is 1.80. The maximum atomic E-state index is 12.4. The minimum atomic E-state index is -0.234. The molecule has 1 saturated heterocycles. The van der Waals surface area contributed by atoms with E-state index in [1.165, 1.54) is 6.07 Å². The van der Waals surface area contributed by atoms with Crippen LogP contribution < -0.4 is 14.9 Å². The van der Waals surface area contributed by atoms with Crippen LogP contribution in [0.5, 0.6) is 11.5 Å². The number of hydrogen-bond acceptors (Lipinski definition) is 6. The van der Waals surface area contributed by atoms with Crippen molar-refractivity contribution in [2.24, 2.45) is 0 Å². The third-order valence-corrected chi connectivity index (χ3v) is 4.60. The lowest BCUT2D eigenvalue weighted by atomic mass is 10.2. The van der Waals surface area contributed by atoms with Gasteiger partial charge in [-0.15, -0.1) is 0 Å². The highest BCUT2D eigenvalue weighted by Crippen LogP contribution is 2.18. The molecule has 0 radical (unpaired) electrons. The Morgan fingerprint density at radius 3 is 2.75 bits per heavy atom. The average molecular weight is 389 g/mol. The number of benzene rings is 1. The number of pyridine rings is 1. The van der Waals surface area contributed by atoms with E-state index in [9.17, 15) is 4.79 Å². The fraction of sp³-hybridized carbons (Fsp3) is 0.476. The number of rotatable bonds is 9. The molecule has 7 heteroatoms. The van der Waals surface area contributed by atoms with Crippen LogP contribution >= 0.6 is 0 Å². The smallest absolute Gasteiger partial charge is 0.223 e. The van der Waals surface area contributed by atoms with E-state index in [0.717, 1.165) is 36.3 Å². The highest BCUT2D eigenvalue weighted by molar-refractivity contribution is 5.29. The van der Waals surface area contributed by atoms with E-state index in [0.29, 0.717) is 13.2 Å². The number of aromatic nitrogens is 1. The molecule has 1 N–H and O–H groups in total. The van der Waals surface area contributed by atoms with Crippen LogP contribution in [0, 0.1) is 0 Å². The second-order valence-corrected chi connectivity index (χ2v) is 6.65. The predicted molar refractivity (Wildman–Crippen MR) is 104 cm³/mol. The molecule has 28 heavy (non-hydrogen) atoms. The molecule has 2 heterocycles. The lowest BCUT2D eigenvalue weighted by molar-refractivity contribution is -0.169. The number of methoxy groups -OCH3 is 1. The summed E-state index contributed by atoms with van der Waals surface area (Å²) >= 11 is 0. The van der Waals surface area contributed by atoms with Gasteiger partial charge >= 0.3 is 0 Å². The first-order valence-corrected chi connectivity index (χ1v) is 9.53. The first kappa shape index (κ1) is 20.4. The number of aliphatic hydroxyl groups is 1. The van der Waals surface area contributed by atoms with Crippen LogP contribution in [0.15, 0.2) is 41.3 Å². The van der Waals surface area contributed by atoms with Crippen LogP contribution in [0.4, 0.5) is 0 Å². The zero-order valence-corrected chi connectivity index (χ0v) is 16.1. The fourth-order valence-electron chi connectivity index (χ4n) is 3.08. The summed E-state index contributed by atoms with van der Waals surface area (Å²) < 4.78 is 24.0. The Hall–Kier alpha value is -2.35. The number of ether oxygens (including phenoxy) is 4.